The second kappa shape index (κ2) is 11.3. The highest BCUT2D eigenvalue weighted by molar-refractivity contribution is 6.30. The highest BCUT2D eigenvalue weighted by atomic mass is 35.5. The summed E-state index contributed by atoms with van der Waals surface area (Å²) in [4.78, 5) is 51.9. The SMILES string of the molecule is O=C(NCc1cccc(C(=O)O)c1)N[C@@H](Cc1ccccc1)C(=O)N1CCC2(C1)OC(=O)Nc1ccc(Cl)cc12. The zero-order valence-corrected chi connectivity index (χ0v) is 22.1. The van der Waals surface area contributed by atoms with E-state index in [0.29, 0.717) is 34.8 Å². The van der Waals surface area contributed by atoms with Crippen molar-refractivity contribution in [3.63, 3.8) is 0 Å². The summed E-state index contributed by atoms with van der Waals surface area (Å²) in [5, 5.41) is 17.9. The first kappa shape index (κ1) is 27.0. The maximum atomic E-state index is 13.8. The van der Waals surface area contributed by atoms with Gasteiger partial charge in [-0.2, -0.15) is 0 Å². The van der Waals surface area contributed by atoms with Crippen molar-refractivity contribution in [1.82, 2.24) is 15.5 Å². The summed E-state index contributed by atoms with van der Waals surface area (Å²) in [5.41, 5.74) is 1.81. The lowest BCUT2D eigenvalue weighted by molar-refractivity contribution is -0.133. The number of ether oxygens (including phenoxy) is 1. The number of likely N-dealkylation sites (tertiary alicyclic amines) is 1. The van der Waals surface area contributed by atoms with Crippen molar-refractivity contribution in [2.45, 2.75) is 31.0 Å². The van der Waals surface area contributed by atoms with Gasteiger partial charge in [-0.25, -0.2) is 14.4 Å². The van der Waals surface area contributed by atoms with Crippen molar-refractivity contribution in [1.29, 1.82) is 0 Å². The van der Waals surface area contributed by atoms with Crippen LogP contribution in [0.25, 0.3) is 0 Å². The van der Waals surface area contributed by atoms with Crippen LogP contribution >= 0.6 is 11.6 Å². The first-order valence-corrected chi connectivity index (χ1v) is 13.1. The smallest absolute Gasteiger partial charge is 0.412 e. The Labute approximate surface area is 235 Å². The number of hydrogen-bond donors (Lipinski definition) is 4. The molecule has 0 aromatic heterocycles. The van der Waals surface area contributed by atoms with Crippen LogP contribution in [-0.4, -0.2) is 53.1 Å². The van der Waals surface area contributed by atoms with Gasteiger partial charge in [0.05, 0.1) is 17.8 Å². The lowest BCUT2D eigenvalue weighted by atomic mass is 9.90. The number of carboxylic acids is 1. The van der Waals surface area contributed by atoms with E-state index in [9.17, 15) is 24.3 Å². The number of halogens is 1. The molecule has 4 N–H and O–H groups in total. The van der Waals surface area contributed by atoms with Crippen LogP contribution in [0.5, 0.6) is 0 Å². The first-order valence-electron chi connectivity index (χ1n) is 12.7. The van der Waals surface area contributed by atoms with Gasteiger partial charge in [0.15, 0.2) is 5.60 Å². The number of carbonyl (C=O) groups is 4. The van der Waals surface area contributed by atoms with E-state index in [1.54, 1.807) is 35.2 Å². The number of hydrogen-bond acceptors (Lipinski definition) is 5. The number of aromatic carboxylic acids is 1. The van der Waals surface area contributed by atoms with Crippen molar-refractivity contribution in [2.75, 3.05) is 18.4 Å². The highest BCUT2D eigenvalue weighted by Crippen LogP contribution is 2.43. The van der Waals surface area contributed by atoms with Crippen molar-refractivity contribution in [2.24, 2.45) is 0 Å². The van der Waals surface area contributed by atoms with Gasteiger partial charge in [0.25, 0.3) is 0 Å². The molecule has 3 aromatic carbocycles. The molecule has 0 aliphatic carbocycles. The van der Waals surface area contributed by atoms with Gasteiger partial charge in [-0.05, 0) is 41.5 Å². The van der Waals surface area contributed by atoms with E-state index >= 15 is 0 Å². The summed E-state index contributed by atoms with van der Waals surface area (Å²) < 4.78 is 5.75. The van der Waals surface area contributed by atoms with Gasteiger partial charge < -0.3 is 25.4 Å². The number of amides is 4. The molecule has 2 atom stereocenters. The maximum Gasteiger partial charge on any atom is 0.412 e. The Balaban J connectivity index is 1.32. The summed E-state index contributed by atoms with van der Waals surface area (Å²) >= 11 is 6.24. The lowest BCUT2D eigenvalue weighted by Crippen LogP contribution is -2.52. The van der Waals surface area contributed by atoms with Crippen LogP contribution < -0.4 is 16.0 Å². The van der Waals surface area contributed by atoms with Crippen LogP contribution in [0.2, 0.25) is 5.02 Å². The number of carbonyl (C=O) groups excluding carboxylic acids is 3. The fourth-order valence-corrected chi connectivity index (χ4v) is 5.29. The molecule has 1 fully saturated rings. The first-order chi connectivity index (χ1) is 19.2. The zero-order chi connectivity index (χ0) is 28.3. The molecule has 2 aliphatic rings. The van der Waals surface area contributed by atoms with Gasteiger partial charge in [-0.1, -0.05) is 54.1 Å². The molecule has 11 heteroatoms. The Bertz CT molecular complexity index is 1470. The minimum atomic E-state index is -1.06. The number of benzene rings is 3. The van der Waals surface area contributed by atoms with Crippen LogP contribution in [0.15, 0.2) is 72.8 Å². The molecular weight excluding hydrogens is 536 g/mol. The third-order valence-corrected chi connectivity index (χ3v) is 7.29. The Morgan fingerprint density at radius 3 is 2.60 bits per heavy atom. The molecule has 4 amide bonds. The highest BCUT2D eigenvalue weighted by Gasteiger charge is 2.49. The number of carboxylic acid groups (broad SMARTS) is 1. The molecule has 1 saturated heterocycles. The van der Waals surface area contributed by atoms with Gasteiger partial charge >= 0.3 is 18.1 Å². The van der Waals surface area contributed by atoms with E-state index in [-0.39, 0.29) is 31.0 Å². The molecule has 1 spiro atoms. The lowest BCUT2D eigenvalue weighted by Gasteiger charge is -2.35. The van der Waals surface area contributed by atoms with Crippen molar-refractivity contribution < 1.29 is 29.0 Å². The molecule has 0 bridgehead atoms. The average Bonchev–Trinajstić information content (AvgIpc) is 3.36. The number of nitrogens with zero attached hydrogens (tertiary/aromatic N) is 1. The molecule has 206 valence electrons. The largest absolute Gasteiger partial charge is 0.478 e. The minimum Gasteiger partial charge on any atom is -0.478 e. The average molecular weight is 563 g/mol. The van der Waals surface area contributed by atoms with Crippen molar-refractivity contribution >= 4 is 41.3 Å². The number of fused-ring (bicyclic) bond motifs is 2. The van der Waals surface area contributed by atoms with Gasteiger partial charge in [0.1, 0.15) is 6.04 Å². The van der Waals surface area contributed by atoms with Gasteiger partial charge in [0.2, 0.25) is 5.91 Å². The normalized spacial score (nSPS) is 18.3. The standard InChI is InChI=1S/C29H27ClN4O6/c30-21-9-10-23-22(15-21)29(40-28(39)33-23)11-12-34(17-29)25(35)24(14-18-5-2-1-3-6-18)32-27(38)31-16-19-7-4-8-20(13-19)26(36)37/h1-10,13,15,24H,11-12,14,16-17H2,(H,33,39)(H,36,37)(H2,31,32,38)/t24-,29?/m0/s1. The predicted molar refractivity (Wildman–Crippen MR) is 147 cm³/mol. The Morgan fingerprint density at radius 1 is 1.05 bits per heavy atom. The Kier molecular flexibility index (Phi) is 7.61. The Hall–Kier alpha value is -4.57. The van der Waals surface area contributed by atoms with E-state index < -0.39 is 29.7 Å². The topological polar surface area (TPSA) is 137 Å². The van der Waals surface area contributed by atoms with Crippen molar-refractivity contribution in [3.05, 3.63) is 100 Å². The molecule has 10 nitrogen and oxygen atoms in total. The fraction of sp³-hybridized carbons (Fsp3) is 0.241. The summed E-state index contributed by atoms with van der Waals surface area (Å²) in [6, 6.07) is 19.2. The van der Waals surface area contributed by atoms with Crippen LogP contribution in [-0.2, 0) is 28.1 Å². The molecule has 2 heterocycles. The predicted octanol–water partition coefficient (Wildman–Crippen LogP) is 4.14. The number of rotatable bonds is 7. The van der Waals surface area contributed by atoms with Crippen LogP contribution in [0, 0.1) is 0 Å². The van der Waals surface area contributed by atoms with Gasteiger partial charge in [0, 0.05) is 36.5 Å². The summed E-state index contributed by atoms with van der Waals surface area (Å²) in [6.45, 7) is 0.504. The monoisotopic (exact) mass is 562 g/mol. The van der Waals surface area contributed by atoms with Crippen LogP contribution in [0.4, 0.5) is 15.3 Å². The van der Waals surface area contributed by atoms with Crippen molar-refractivity contribution in [3.8, 4) is 0 Å². The van der Waals surface area contributed by atoms with Crippen LogP contribution in [0.1, 0.15) is 33.5 Å². The second-order valence-electron chi connectivity index (χ2n) is 9.78. The van der Waals surface area contributed by atoms with Gasteiger partial charge in [-0.15, -0.1) is 0 Å². The molecule has 0 radical (unpaired) electrons. The molecule has 2 aliphatic heterocycles. The molecular formula is C29H27ClN4O6. The summed E-state index contributed by atoms with van der Waals surface area (Å²) in [5.74, 6) is -1.38. The molecule has 40 heavy (non-hydrogen) atoms. The van der Waals surface area contributed by atoms with E-state index in [0.717, 1.165) is 5.56 Å². The molecule has 3 aromatic rings. The molecule has 0 saturated carbocycles. The summed E-state index contributed by atoms with van der Waals surface area (Å²) in [6.07, 6.45) is 0.0212. The Morgan fingerprint density at radius 2 is 1.82 bits per heavy atom. The third kappa shape index (κ3) is 5.86. The maximum absolute atomic E-state index is 13.8. The zero-order valence-electron chi connectivity index (χ0n) is 21.4. The van der Waals surface area contributed by atoms with E-state index in [1.807, 2.05) is 30.3 Å². The number of urea groups is 1. The van der Waals surface area contributed by atoms with Gasteiger partial charge in [-0.3, -0.25) is 10.1 Å². The molecule has 5 rings (SSSR count). The minimum absolute atomic E-state index is 0.0759. The van der Waals surface area contributed by atoms with E-state index in [4.69, 9.17) is 16.3 Å². The fourth-order valence-electron chi connectivity index (χ4n) is 5.12. The van der Waals surface area contributed by atoms with E-state index in [1.165, 1.54) is 12.1 Å². The molecule has 1 unspecified atom stereocenters. The van der Waals surface area contributed by atoms with E-state index in [2.05, 4.69) is 16.0 Å². The summed E-state index contributed by atoms with van der Waals surface area (Å²) in [7, 11) is 0. The quantitative estimate of drug-likeness (QED) is 0.342. The third-order valence-electron chi connectivity index (χ3n) is 7.05. The number of nitrogens with one attached hydrogen (secondary N) is 3. The second-order valence-corrected chi connectivity index (χ2v) is 10.2. The number of anilines is 1. The van der Waals surface area contributed by atoms with Crippen LogP contribution in [0.3, 0.4) is 0 Å².